The Labute approximate surface area is 123 Å². The van der Waals surface area contributed by atoms with Crippen LogP contribution in [0.3, 0.4) is 0 Å². The number of rotatable bonds is 8. The molecule has 0 fully saturated rings. The van der Waals surface area contributed by atoms with Crippen LogP contribution in [0.25, 0.3) is 0 Å². The number of amides is 1. The van der Waals surface area contributed by atoms with Crippen LogP contribution in [-0.2, 0) is 4.74 Å². The number of hydrogen-bond acceptors (Lipinski definition) is 4. The van der Waals surface area contributed by atoms with Crippen molar-refractivity contribution >= 4 is 6.09 Å². The van der Waals surface area contributed by atoms with Crippen LogP contribution in [0, 0.1) is 5.41 Å². The molecule has 0 aromatic rings. The highest BCUT2D eigenvalue weighted by atomic mass is 16.6. The fourth-order valence-electron chi connectivity index (χ4n) is 1.58. The van der Waals surface area contributed by atoms with Gasteiger partial charge in [0.2, 0.25) is 0 Å². The van der Waals surface area contributed by atoms with E-state index >= 15 is 0 Å². The molecule has 0 rings (SSSR count). The molecule has 0 aromatic carbocycles. The monoisotopic (exact) mass is 288 g/mol. The molecule has 0 spiro atoms. The van der Waals surface area contributed by atoms with E-state index in [2.05, 4.69) is 24.5 Å². The SMILES string of the molecule is CCC(C)(CO)CNCCC(C)NC(=O)OC(C)(C)C. The molecule has 1 amide bonds. The lowest BCUT2D eigenvalue weighted by Gasteiger charge is -2.26. The highest BCUT2D eigenvalue weighted by Gasteiger charge is 2.20. The lowest BCUT2D eigenvalue weighted by atomic mass is 9.88. The van der Waals surface area contributed by atoms with Crippen molar-refractivity contribution in [2.24, 2.45) is 5.41 Å². The summed E-state index contributed by atoms with van der Waals surface area (Å²) in [6.07, 6.45) is 1.38. The fraction of sp³-hybridized carbons (Fsp3) is 0.933. The summed E-state index contributed by atoms with van der Waals surface area (Å²) in [5.41, 5.74) is -0.534. The molecular weight excluding hydrogens is 256 g/mol. The van der Waals surface area contributed by atoms with Gasteiger partial charge >= 0.3 is 6.09 Å². The third-order valence-corrected chi connectivity index (χ3v) is 3.30. The summed E-state index contributed by atoms with van der Waals surface area (Å²) in [6, 6.07) is 0.0550. The van der Waals surface area contributed by atoms with Gasteiger partial charge in [0.05, 0.1) is 0 Å². The predicted molar refractivity (Wildman–Crippen MR) is 81.8 cm³/mol. The molecule has 0 bridgehead atoms. The van der Waals surface area contributed by atoms with Crippen LogP contribution in [0.15, 0.2) is 0 Å². The average Bonchev–Trinajstić information content (AvgIpc) is 2.32. The van der Waals surface area contributed by atoms with Crippen LogP contribution in [0.2, 0.25) is 0 Å². The van der Waals surface area contributed by atoms with Gasteiger partial charge in [-0.05, 0) is 47.1 Å². The van der Waals surface area contributed by atoms with Gasteiger partial charge in [-0.3, -0.25) is 0 Å². The first kappa shape index (κ1) is 19.2. The Morgan fingerprint density at radius 2 is 1.90 bits per heavy atom. The molecule has 0 aliphatic rings. The van der Waals surface area contributed by atoms with E-state index in [0.29, 0.717) is 0 Å². The normalized spacial score (nSPS) is 16.4. The number of alkyl carbamates (subject to hydrolysis) is 1. The molecule has 0 radical (unpaired) electrons. The van der Waals surface area contributed by atoms with Gasteiger partial charge in [0.1, 0.15) is 5.60 Å². The minimum atomic E-state index is -0.466. The summed E-state index contributed by atoms with van der Waals surface area (Å²) in [5.74, 6) is 0. The van der Waals surface area contributed by atoms with E-state index in [4.69, 9.17) is 4.74 Å². The number of ether oxygens (including phenoxy) is 1. The van der Waals surface area contributed by atoms with Crippen LogP contribution in [0.5, 0.6) is 0 Å². The Morgan fingerprint density at radius 3 is 2.35 bits per heavy atom. The zero-order chi connectivity index (χ0) is 15.8. The van der Waals surface area contributed by atoms with Crippen LogP contribution >= 0.6 is 0 Å². The van der Waals surface area contributed by atoms with E-state index in [1.54, 1.807) is 0 Å². The van der Waals surface area contributed by atoms with Crippen LogP contribution in [0.1, 0.15) is 54.4 Å². The van der Waals surface area contributed by atoms with Crippen molar-refractivity contribution < 1.29 is 14.6 Å². The van der Waals surface area contributed by atoms with Crippen molar-refractivity contribution in [1.82, 2.24) is 10.6 Å². The van der Waals surface area contributed by atoms with Crippen LogP contribution in [0.4, 0.5) is 4.79 Å². The molecule has 0 aliphatic heterocycles. The Hall–Kier alpha value is -0.810. The third-order valence-electron chi connectivity index (χ3n) is 3.30. The number of carbonyl (C=O) groups excluding carboxylic acids is 1. The minimum Gasteiger partial charge on any atom is -0.444 e. The van der Waals surface area contributed by atoms with Crippen LogP contribution in [-0.4, -0.2) is 42.5 Å². The highest BCUT2D eigenvalue weighted by Crippen LogP contribution is 2.18. The van der Waals surface area contributed by atoms with Crippen LogP contribution < -0.4 is 10.6 Å². The Bertz CT molecular complexity index is 283. The molecule has 5 heteroatoms. The fourth-order valence-corrected chi connectivity index (χ4v) is 1.58. The maximum Gasteiger partial charge on any atom is 0.407 e. The van der Waals surface area contributed by atoms with Crippen molar-refractivity contribution in [3.8, 4) is 0 Å². The van der Waals surface area contributed by atoms with E-state index in [1.165, 1.54) is 0 Å². The summed E-state index contributed by atoms with van der Waals surface area (Å²) < 4.78 is 5.20. The number of hydrogen-bond donors (Lipinski definition) is 3. The number of aliphatic hydroxyl groups is 1. The third kappa shape index (κ3) is 9.15. The first-order chi connectivity index (χ1) is 9.12. The largest absolute Gasteiger partial charge is 0.444 e. The Kier molecular flexibility index (Phi) is 8.13. The molecule has 5 nitrogen and oxygen atoms in total. The van der Waals surface area contributed by atoms with E-state index in [0.717, 1.165) is 25.9 Å². The van der Waals surface area contributed by atoms with Gasteiger partial charge in [0.15, 0.2) is 0 Å². The quantitative estimate of drug-likeness (QED) is 0.599. The number of nitrogens with one attached hydrogen (secondary N) is 2. The molecule has 2 atom stereocenters. The van der Waals surface area contributed by atoms with Crippen molar-refractivity contribution in [2.45, 2.75) is 66.0 Å². The smallest absolute Gasteiger partial charge is 0.407 e. The second-order valence-electron chi connectivity index (χ2n) is 6.84. The first-order valence-electron chi connectivity index (χ1n) is 7.43. The van der Waals surface area contributed by atoms with Gasteiger partial charge in [-0.1, -0.05) is 13.8 Å². The predicted octanol–water partition coefficient (Wildman–Crippen LogP) is 2.29. The van der Waals surface area contributed by atoms with E-state index in [9.17, 15) is 9.90 Å². The summed E-state index contributed by atoms with van der Waals surface area (Å²) in [5, 5.41) is 15.4. The lowest BCUT2D eigenvalue weighted by molar-refractivity contribution is 0.0506. The molecule has 0 saturated heterocycles. The van der Waals surface area contributed by atoms with Gasteiger partial charge in [-0.15, -0.1) is 0 Å². The van der Waals surface area contributed by atoms with Crippen molar-refractivity contribution in [3.05, 3.63) is 0 Å². The average molecular weight is 288 g/mol. The molecule has 0 aliphatic carbocycles. The molecule has 3 N–H and O–H groups in total. The van der Waals surface area contributed by atoms with Crippen molar-refractivity contribution in [1.29, 1.82) is 0 Å². The van der Waals surface area contributed by atoms with E-state index in [1.807, 2.05) is 27.7 Å². The van der Waals surface area contributed by atoms with E-state index < -0.39 is 5.60 Å². The molecule has 120 valence electrons. The topological polar surface area (TPSA) is 70.6 Å². The first-order valence-corrected chi connectivity index (χ1v) is 7.43. The maximum atomic E-state index is 11.6. The molecule has 2 unspecified atom stereocenters. The Morgan fingerprint density at radius 1 is 1.30 bits per heavy atom. The molecular formula is C15H32N2O3. The maximum absolute atomic E-state index is 11.6. The molecule has 20 heavy (non-hydrogen) atoms. The summed E-state index contributed by atoms with van der Waals surface area (Å²) in [6.45, 7) is 13.4. The minimum absolute atomic E-state index is 0.0550. The standard InChI is InChI=1S/C15H32N2O3/c1-7-15(6,11-18)10-16-9-8-12(2)17-13(19)20-14(3,4)5/h12,16,18H,7-11H2,1-6H3,(H,17,19). The van der Waals surface area contributed by atoms with Gasteiger partial charge < -0.3 is 20.5 Å². The Balaban J connectivity index is 3.84. The molecule has 0 saturated carbocycles. The van der Waals surface area contributed by atoms with Gasteiger partial charge in [-0.2, -0.15) is 0 Å². The zero-order valence-electron chi connectivity index (χ0n) is 13.9. The van der Waals surface area contributed by atoms with Gasteiger partial charge in [0.25, 0.3) is 0 Å². The highest BCUT2D eigenvalue weighted by molar-refractivity contribution is 5.67. The zero-order valence-corrected chi connectivity index (χ0v) is 13.9. The van der Waals surface area contributed by atoms with Crippen molar-refractivity contribution in [2.75, 3.05) is 19.7 Å². The van der Waals surface area contributed by atoms with Gasteiger partial charge in [0, 0.05) is 24.6 Å². The van der Waals surface area contributed by atoms with Crippen molar-refractivity contribution in [3.63, 3.8) is 0 Å². The number of carbonyl (C=O) groups is 1. The summed E-state index contributed by atoms with van der Waals surface area (Å²) in [4.78, 5) is 11.6. The lowest BCUT2D eigenvalue weighted by Crippen LogP contribution is -2.40. The second-order valence-corrected chi connectivity index (χ2v) is 6.84. The number of aliphatic hydroxyl groups excluding tert-OH is 1. The molecule has 0 heterocycles. The second kappa shape index (κ2) is 8.47. The molecule has 0 aromatic heterocycles. The summed E-state index contributed by atoms with van der Waals surface area (Å²) >= 11 is 0. The summed E-state index contributed by atoms with van der Waals surface area (Å²) in [7, 11) is 0. The van der Waals surface area contributed by atoms with E-state index in [-0.39, 0.29) is 24.2 Å². The van der Waals surface area contributed by atoms with Gasteiger partial charge in [-0.25, -0.2) is 4.79 Å².